The molecule has 0 unspecified atom stereocenters. The Labute approximate surface area is 159 Å². The van der Waals surface area contributed by atoms with E-state index in [4.69, 9.17) is 14.6 Å². The van der Waals surface area contributed by atoms with Crippen molar-refractivity contribution in [3.05, 3.63) is 12.4 Å². The largest absolute Gasteiger partial charge is 0.490 e. The average molecular weight is 404 g/mol. The van der Waals surface area contributed by atoms with Crippen molar-refractivity contribution in [3.63, 3.8) is 0 Å². The van der Waals surface area contributed by atoms with Crippen molar-refractivity contribution in [3.8, 4) is 0 Å². The number of rotatable bonds is 2. The summed E-state index contributed by atoms with van der Waals surface area (Å²) >= 11 is 0. The summed E-state index contributed by atoms with van der Waals surface area (Å²) in [6, 6.07) is 1.29. The van der Waals surface area contributed by atoms with Gasteiger partial charge in [-0.15, -0.1) is 0 Å². The average Bonchev–Trinajstić information content (AvgIpc) is 3.30. The summed E-state index contributed by atoms with van der Waals surface area (Å²) in [6.07, 6.45) is 2.59. The van der Waals surface area contributed by atoms with Gasteiger partial charge in [-0.2, -0.15) is 18.3 Å². The number of carbonyl (C=O) groups excluding carboxylic acids is 1. The van der Waals surface area contributed by atoms with Gasteiger partial charge in [0.25, 0.3) is 0 Å². The van der Waals surface area contributed by atoms with E-state index in [0.29, 0.717) is 24.5 Å². The van der Waals surface area contributed by atoms with Gasteiger partial charge in [0.2, 0.25) is 5.91 Å². The van der Waals surface area contributed by atoms with E-state index in [1.54, 1.807) is 10.9 Å². The number of hydrogen-bond donors (Lipinski definition) is 1. The molecule has 0 spiro atoms. The molecule has 3 fully saturated rings. The molecular formula is C17H23F3N4O4. The van der Waals surface area contributed by atoms with E-state index in [0.717, 1.165) is 44.7 Å². The number of anilines is 1. The number of aryl methyl sites for hydroxylation is 1. The third kappa shape index (κ3) is 4.30. The van der Waals surface area contributed by atoms with Crippen LogP contribution in [0.4, 0.5) is 18.9 Å². The molecule has 0 saturated carbocycles. The number of aromatic nitrogens is 2. The first-order valence-electron chi connectivity index (χ1n) is 9.13. The Morgan fingerprint density at radius 3 is 2.43 bits per heavy atom. The molecule has 4 heterocycles. The minimum atomic E-state index is -5.08. The second-order valence-corrected chi connectivity index (χ2v) is 7.15. The molecule has 0 bridgehead atoms. The van der Waals surface area contributed by atoms with E-state index in [9.17, 15) is 18.0 Å². The smallest absolute Gasteiger partial charge is 0.475 e. The standard InChI is InChI=1S/C15H22N4O2.C2HF3O2/c1-17-10-12(9-16-17)19-13-2-5-18(14(13)8-15(19)20)11-3-6-21-7-4-11;3-2(4,5)1(6)7/h9-11,13-14H,2-8H2,1H3;(H,6,7)/t13-,14+;/m1./s1. The van der Waals surface area contributed by atoms with Crippen LogP contribution in [0.15, 0.2) is 12.4 Å². The summed E-state index contributed by atoms with van der Waals surface area (Å²) in [5, 5.41) is 11.3. The normalized spacial score (nSPS) is 26.1. The fourth-order valence-corrected chi connectivity index (χ4v) is 4.22. The molecule has 1 aromatic heterocycles. The molecule has 28 heavy (non-hydrogen) atoms. The van der Waals surface area contributed by atoms with E-state index in [1.807, 2.05) is 18.1 Å². The molecule has 1 aromatic rings. The first kappa shape index (κ1) is 20.6. The zero-order chi connectivity index (χ0) is 20.5. The second-order valence-electron chi connectivity index (χ2n) is 7.15. The van der Waals surface area contributed by atoms with Crippen LogP contribution in [0.3, 0.4) is 0 Å². The van der Waals surface area contributed by atoms with Gasteiger partial charge < -0.3 is 14.7 Å². The van der Waals surface area contributed by atoms with Gasteiger partial charge in [0, 0.05) is 51.5 Å². The molecule has 0 aromatic carbocycles. The Balaban J connectivity index is 0.000000279. The lowest BCUT2D eigenvalue weighted by atomic mass is 10.0. The van der Waals surface area contributed by atoms with Gasteiger partial charge in [0.1, 0.15) is 0 Å². The van der Waals surface area contributed by atoms with Crippen molar-refractivity contribution in [1.29, 1.82) is 0 Å². The van der Waals surface area contributed by atoms with E-state index < -0.39 is 12.1 Å². The zero-order valence-corrected chi connectivity index (χ0v) is 15.4. The number of carboxylic acids is 1. The molecule has 156 valence electrons. The molecule has 8 nitrogen and oxygen atoms in total. The van der Waals surface area contributed by atoms with Gasteiger partial charge in [-0.1, -0.05) is 0 Å². The number of aliphatic carboxylic acids is 1. The number of ether oxygens (including phenoxy) is 1. The number of likely N-dealkylation sites (tertiary alicyclic amines) is 1. The summed E-state index contributed by atoms with van der Waals surface area (Å²) in [5.41, 5.74) is 0.948. The van der Waals surface area contributed by atoms with Crippen LogP contribution >= 0.6 is 0 Å². The molecule has 0 aliphatic carbocycles. The predicted octanol–water partition coefficient (Wildman–Crippen LogP) is 1.41. The number of carbonyl (C=O) groups is 2. The minimum Gasteiger partial charge on any atom is -0.475 e. The summed E-state index contributed by atoms with van der Waals surface area (Å²) in [7, 11) is 1.89. The highest BCUT2D eigenvalue weighted by molar-refractivity contribution is 5.97. The third-order valence-corrected chi connectivity index (χ3v) is 5.41. The Morgan fingerprint density at radius 2 is 1.89 bits per heavy atom. The van der Waals surface area contributed by atoms with Gasteiger partial charge in [0.05, 0.1) is 17.9 Å². The van der Waals surface area contributed by atoms with Crippen LogP contribution in [0.2, 0.25) is 0 Å². The van der Waals surface area contributed by atoms with E-state index in [1.165, 1.54) is 0 Å². The van der Waals surface area contributed by atoms with Crippen molar-refractivity contribution in [2.45, 2.75) is 50.0 Å². The fraction of sp³-hybridized carbons (Fsp3) is 0.706. The lowest BCUT2D eigenvalue weighted by molar-refractivity contribution is -0.192. The molecule has 1 amide bonds. The summed E-state index contributed by atoms with van der Waals surface area (Å²) in [5.74, 6) is -2.51. The minimum absolute atomic E-state index is 0.245. The monoisotopic (exact) mass is 404 g/mol. The maximum atomic E-state index is 12.5. The number of hydrogen-bond acceptors (Lipinski definition) is 5. The fourth-order valence-electron chi connectivity index (χ4n) is 4.22. The van der Waals surface area contributed by atoms with Crippen molar-refractivity contribution in [1.82, 2.24) is 14.7 Å². The third-order valence-electron chi connectivity index (χ3n) is 5.41. The Morgan fingerprint density at radius 1 is 1.25 bits per heavy atom. The van der Waals surface area contributed by atoms with E-state index >= 15 is 0 Å². The van der Waals surface area contributed by atoms with Crippen LogP contribution in [-0.4, -0.2) is 75.7 Å². The number of alkyl halides is 3. The van der Waals surface area contributed by atoms with Crippen LogP contribution in [-0.2, 0) is 21.4 Å². The number of amides is 1. The Bertz CT molecular complexity index is 718. The zero-order valence-electron chi connectivity index (χ0n) is 15.4. The van der Waals surface area contributed by atoms with Gasteiger partial charge in [0.15, 0.2) is 0 Å². The highest BCUT2D eigenvalue weighted by Crippen LogP contribution is 2.38. The molecule has 3 saturated heterocycles. The van der Waals surface area contributed by atoms with Crippen molar-refractivity contribution in [2.75, 3.05) is 24.7 Å². The lowest BCUT2D eigenvalue weighted by Gasteiger charge is -2.34. The quantitative estimate of drug-likeness (QED) is 0.802. The van der Waals surface area contributed by atoms with Gasteiger partial charge in [-0.3, -0.25) is 14.4 Å². The van der Waals surface area contributed by atoms with E-state index in [-0.39, 0.29) is 5.91 Å². The molecule has 3 aliphatic heterocycles. The number of fused-ring (bicyclic) bond motifs is 1. The molecule has 4 rings (SSSR count). The predicted molar refractivity (Wildman–Crippen MR) is 91.7 cm³/mol. The Kier molecular flexibility index (Phi) is 5.94. The maximum Gasteiger partial charge on any atom is 0.490 e. The van der Waals surface area contributed by atoms with Crippen molar-refractivity contribution < 1.29 is 32.6 Å². The van der Waals surface area contributed by atoms with Crippen LogP contribution in [0.1, 0.15) is 25.7 Å². The molecule has 3 aliphatic rings. The molecule has 0 radical (unpaired) electrons. The first-order valence-corrected chi connectivity index (χ1v) is 9.13. The van der Waals surface area contributed by atoms with Gasteiger partial charge in [-0.25, -0.2) is 4.79 Å². The summed E-state index contributed by atoms with van der Waals surface area (Å²) in [4.78, 5) is 25.9. The van der Waals surface area contributed by atoms with Crippen LogP contribution < -0.4 is 4.90 Å². The Hall–Kier alpha value is -2.14. The van der Waals surface area contributed by atoms with Gasteiger partial charge in [-0.05, 0) is 19.3 Å². The van der Waals surface area contributed by atoms with E-state index in [2.05, 4.69) is 10.00 Å². The number of nitrogens with zero attached hydrogens (tertiary/aromatic N) is 4. The molecule has 11 heteroatoms. The molecule has 1 N–H and O–H groups in total. The maximum absolute atomic E-state index is 12.5. The highest BCUT2D eigenvalue weighted by atomic mass is 19.4. The first-order chi connectivity index (χ1) is 13.2. The SMILES string of the molecule is Cn1cc(N2C(=O)C[C@H]3[C@H]2CCN3C2CCOCC2)cn1.O=C(O)C(F)(F)F. The van der Waals surface area contributed by atoms with Crippen LogP contribution in [0.5, 0.6) is 0 Å². The molecular weight excluding hydrogens is 381 g/mol. The number of halogens is 3. The summed E-state index contributed by atoms with van der Waals surface area (Å²) < 4.78 is 39.0. The molecule has 2 atom stereocenters. The van der Waals surface area contributed by atoms with Crippen molar-refractivity contribution in [2.24, 2.45) is 7.05 Å². The van der Waals surface area contributed by atoms with Crippen molar-refractivity contribution >= 4 is 17.6 Å². The van der Waals surface area contributed by atoms with Crippen LogP contribution in [0.25, 0.3) is 0 Å². The topological polar surface area (TPSA) is 87.9 Å². The van der Waals surface area contributed by atoms with Crippen LogP contribution in [0, 0.1) is 0 Å². The lowest BCUT2D eigenvalue weighted by Crippen LogP contribution is -2.44. The summed E-state index contributed by atoms with van der Waals surface area (Å²) in [6.45, 7) is 2.82. The highest BCUT2D eigenvalue weighted by Gasteiger charge is 2.49. The number of carboxylic acid groups (broad SMARTS) is 1. The second kappa shape index (κ2) is 8.08. The van der Waals surface area contributed by atoms with Gasteiger partial charge >= 0.3 is 12.1 Å².